The number of aliphatic hydroxyl groups excluding tert-OH is 1. The van der Waals surface area contributed by atoms with Gasteiger partial charge in [-0.3, -0.25) is 9.80 Å². The fraction of sp³-hybridized carbons (Fsp3) is 1.00. The van der Waals surface area contributed by atoms with Crippen molar-refractivity contribution >= 4 is 31.9 Å². The number of hydrogen-bond acceptors (Lipinski definition) is 3. The summed E-state index contributed by atoms with van der Waals surface area (Å²) in [6, 6.07) is 0. The number of hydrogen-bond donors (Lipinski definition) is 1. The fourth-order valence-corrected chi connectivity index (χ4v) is 6.15. The van der Waals surface area contributed by atoms with Gasteiger partial charge in [-0.1, -0.05) is 136 Å². The maximum absolute atomic E-state index is 9.43. The van der Waals surface area contributed by atoms with Gasteiger partial charge in [-0.15, -0.1) is 0 Å². The molecule has 1 rings (SSSR count). The van der Waals surface area contributed by atoms with E-state index in [0.717, 1.165) is 6.54 Å². The molecule has 0 aromatic rings. The molecule has 1 N–H and O–H groups in total. The van der Waals surface area contributed by atoms with Gasteiger partial charge in [0.15, 0.2) is 0 Å². The number of alkyl halides is 2. The van der Waals surface area contributed by atoms with Crippen molar-refractivity contribution in [3.63, 3.8) is 0 Å². The Hall–Kier alpha value is 0.840. The third-order valence-corrected chi connectivity index (χ3v) is 9.45. The smallest absolute Gasteiger partial charge is 0.0927 e. The Morgan fingerprint density at radius 3 is 1.66 bits per heavy atom. The van der Waals surface area contributed by atoms with Crippen molar-refractivity contribution in [2.24, 2.45) is 5.92 Å². The highest BCUT2D eigenvalue weighted by Gasteiger charge is 2.44. The molecule has 0 aliphatic carbocycles. The van der Waals surface area contributed by atoms with Crippen LogP contribution in [-0.2, 0) is 0 Å². The minimum Gasteiger partial charge on any atom is -0.395 e. The van der Waals surface area contributed by atoms with Gasteiger partial charge in [0.25, 0.3) is 0 Å². The lowest BCUT2D eigenvalue weighted by Crippen LogP contribution is -2.44. The minimum atomic E-state index is 0.220. The first-order chi connectivity index (χ1) is 14.0. The van der Waals surface area contributed by atoms with Gasteiger partial charge in [0.05, 0.1) is 22.7 Å². The molecule has 1 saturated heterocycles. The summed E-state index contributed by atoms with van der Waals surface area (Å²) >= 11 is 7.58. The summed E-state index contributed by atoms with van der Waals surface area (Å²) in [6.45, 7) is 5.62. The Morgan fingerprint density at radius 1 is 0.759 bits per heavy atom. The Kier molecular flexibility index (Phi) is 16.7. The number of rotatable bonds is 18. The Bertz CT molecular complexity index is 386. The predicted molar refractivity (Wildman–Crippen MR) is 135 cm³/mol. The zero-order valence-corrected chi connectivity index (χ0v) is 22.6. The van der Waals surface area contributed by atoms with Gasteiger partial charge in [-0.25, -0.2) is 0 Å². The molecule has 4 atom stereocenters. The number of nitrogens with zero attached hydrogens (tertiary/aromatic N) is 2. The number of likely N-dealkylation sites (N-methyl/N-ethyl adjacent to an activating group) is 1. The zero-order valence-electron chi connectivity index (χ0n) is 19.4. The number of unbranched alkanes of at least 4 members (excludes halogenated alkanes) is 13. The Morgan fingerprint density at radius 2 is 1.21 bits per heavy atom. The Labute approximate surface area is 198 Å². The van der Waals surface area contributed by atoms with E-state index in [4.69, 9.17) is 0 Å². The second-order valence-electron chi connectivity index (χ2n) is 9.15. The maximum Gasteiger partial charge on any atom is 0.0927 e. The summed E-state index contributed by atoms with van der Waals surface area (Å²) in [5.41, 5.74) is 0. The van der Waals surface area contributed by atoms with Crippen LogP contribution in [0.5, 0.6) is 0 Å². The summed E-state index contributed by atoms with van der Waals surface area (Å²) in [4.78, 5) is 5.37. The summed E-state index contributed by atoms with van der Waals surface area (Å²) < 4.78 is 0. The van der Waals surface area contributed by atoms with Crippen LogP contribution >= 0.6 is 31.9 Å². The molecular weight excluding hydrogens is 492 g/mol. The van der Waals surface area contributed by atoms with E-state index in [-0.39, 0.29) is 11.6 Å². The fourth-order valence-electron chi connectivity index (χ4n) is 4.79. The van der Waals surface area contributed by atoms with Gasteiger partial charge >= 0.3 is 0 Å². The van der Waals surface area contributed by atoms with Crippen molar-refractivity contribution in [3.8, 4) is 0 Å². The summed E-state index contributed by atoms with van der Waals surface area (Å²) in [5, 5.41) is 9.43. The monoisotopic (exact) mass is 538 g/mol. The molecule has 5 heteroatoms. The van der Waals surface area contributed by atoms with Crippen LogP contribution in [0.4, 0.5) is 0 Å². The molecule has 1 heterocycles. The highest BCUT2D eigenvalue weighted by molar-refractivity contribution is 9.12. The van der Waals surface area contributed by atoms with E-state index >= 15 is 0 Å². The standard InChI is InChI=1S/C24H48Br2N2O/c1-4-5-6-7-8-9-10-11-12-13-14-15-16-17-18-21(2)24-27(3)22(25)23(26)28(24)19-20-29/h21-24,29H,4-20H2,1-3H3. The zero-order chi connectivity index (χ0) is 21.5. The van der Waals surface area contributed by atoms with Gasteiger partial charge in [0.1, 0.15) is 0 Å². The molecule has 0 radical (unpaired) electrons. The highest BCUT2D eigenvalue weighted by Crippen LogP contribution is 2.37. The molecule has 174 valence electrons. The third-order valence-electron chi connectivity index (χ3n) is 6.57. The molecule has 0 saturated carbocycles. The Balaban J connectivity index is 2.01. The molecule has 1 fully saturated rings. The van der Waals surface area contributed by atoms with Crippen LogP contribution in [0.25, 0.3) is 0 Å². The molecule has 0 amide bonds. The minimum absolute atomic E-state index is 0.220. The van der Waals surface area contributed by atoms with Crippen LogP contribution in [-0.4, -0.2) is 51.2 Å². The van der Waals surface area contributed by atoms with Crippen LogP contribution in [0.1, 0.15) is 110 Å². The van der Waals surface area contributed by atoms with Crippen molar-refractivity contribution in [3.05, 3.63) is 0 Å². The van der Waals surface area contributed by atoms with E-state index < -0.39 is 0 Å². The topological polar surface area (TPSA) is 26.7 Å². The van der Waals surface area contributed by atoms with E-state index in [2.05, 4.69) is 62.6 Å². The molecule has 4 unspecified atom stereocenters. The van der Waals surface area contributed by atoms with Crippen LogP contribution in [0.3, 0.4) is 0 Å². The first kappa shape index (κ1) is 27.9. The highest BCUT2D eigenvalue weighted by atomic mass is 79.9. The van der Waals surface area contributed by atoms with Gasteiger partial charge in [0, 0.05) is 6.54 Å². The predicted octanol–water partition coefficient (Wildman–Crippen LogP) is 7.50. The maximum atomic E-state index is 9.43. The second-order valence-corrected chi connectivity index (χ2v) is 11.0. The normalized spacial score (nSPS) is 24.4. The van der Waals surface area contributed by atoms with E-state index in [0.29, 0.717) is 17.0 Å². The third kappa shape index (κ3) is 10.8. The van der Waals surface area contributed by atoms with Crippen molar-refractivity contribution in [1.29, 1.82) is 0 Å². The van der Waals surface area contributed by atoms with Crippen molar-refractivity contribution < 1.29 is 5.11 Å². The molecule has 3 nitrogen and oxygen atoms in total. The van der Waals surface area contributed by atoms with Crippen LogP contribution < -0.4 is 0 Å². The molecule has 0 aromatic carbocycles. The lowest BCUT2D eigenvalue weighted by Gasteiger charge is -2.33. The average molecular weight is 540 g/mol. The average Bonchev–Trinajstić information content (AvgIpc) is 2.92. The first-order valence-electron chi connectivity index (χ1n) is 12.4. The number of aliphatic hydroxyl groups is 1. The van der Waals surface area contributed by atoms with Crippen LogP contribution in [0.2, 0.25) is 0 Å². The van der Waals surface area contributed by atoms with E-state index in [9.17, 15) is 5.11 Å². The molecular formula is C24H48Br2N2O. The summed E-state index contributed by atoms with van der Waals surface area (Å²) in [5.74, 6) is 0.617. The molecule has 29 heavy (non-hydrogen) atoms. The van der Waals surface area contributed by atoms with Gasteiger partial charge in [-0.05, 0) is 19.4 Å². The summed E-state index contributed by atoms with van der Waals surface area (Å²) in [6.07, 6.45) is 21.5. The first-order valence-corrected chi connectivity index (χ1v) is 14.2. The summed E-state index contributed by atoms with van der Waals surface area (Å²) in [7, 11) is 2.19. The van der Waals surface area contributed by atoms with Crippen molar-refractivity contribution in [2.75, 3.05) is 20.2 Å². The van der Waals surface area contributed by atoms with E-state index in [1.54, 1.807) is 0 Å². The lowest BCUT2D eigenvalue weighted by molar-refractivity contribution is 0.0778. The van der Waals surface area contributed by atoms with Gasteiger partial charge < -0.3 is 5.11 Å². The molecule has 0 aromatic heterocycles. The number of halogens is 2. The van der Waals surface area contributed by atoms with Crippen molar-refractivity contribution in [1.82, 2.24) is 9.80 Å². The molecule has 0 spiro atoms. The second kappa shape index (κ2) is 17.4. The van der Waals surface area contributed by atoms with E-state index in [1.165, 1.54) is 96.3 Å². The van der Waals surface area contributed by atoms with Gasteiger partial charge in [-0.2, -0.15) is 0 Å². The molecule has 0 bridgehead atoms. The van der Waals surface area contributed by atoms with Crippen LogP contribution in [0, 0.1) is 5.92 Å². The quantitative estimate of drug-likeness (QED) is 0.111. The molecule has 1 aliphatic heterocycles. The largest absolute Gasteiger partial charge is 0.395 e. The number of β-amino-alcohol motifs (C(OH)–C–C–N with tert-alkyl or cyclic N) is 1. The van der Waals surface area contributed by atoms with Gasteiger partial charge in [0.2, 0.25) is 0 Å². The van der Waals surface area contributed by atoms with Crippen molar-refractivity contribution in [2.45, 2.75) is 126 Å². The van der Waals surface area contributed by atoms with Crippen LogP contribution in [0.15, 0.2) is 0 Å². The SMILES string of the molecule is CCCCCCCCCCCCCCCCC(C)C1N(C)C(Br)C(Br)N1CCO. The lowest BCUT2D eigenvalue weighted by atomic mass is 9.98. The molecule has 1 aliphatic rings. The van der Waals surface area contributed by atoms with E-state index in [1.807, 2.05) is 0 Å².